The summed E-state index contributed by atoms with van der Waals surface area (Å²) in [5.41, 5.74) is 17.6. The molecule has 41 heavy (non-hydrogen) atoms. The van der Waals surface area contributed by atoms with Crippen molar-refractivity contribution in [3.8, 4) is 5.75 Å². The van der Waals surface area contributed by atoms with E-state index in [-0.39, 0.29) is 12.2 Å². The van der Waals surface area contributed by atoms with E-state index >= 15 is 0 Å². The van der Waals surface area contributed by atoms with Crippen LogP contribution in [0.15, 0.2) is 67.0 Å². The Kier molecular flexibility index (Phi) is 9.92. The molecular formula is C29H35N5O5S2. The number of benzene rings is 2. The Labute approximate surface area is 246 Å². The molecule has 0 radical (unpaired) electrons. The quantitative estimate of drug-likeness (QED) is 0.150. The van der Waals surface area contributed by atoms with Crippen molar-refractivity contribution in [3.63, 3.8) is 0 Å². The molecule has 1 aliphatic rings. The van der Waals surface area contributed by atoms with Gasteiger partial charge in [-0.05, 0) is 54.4 Å². The van der Waals surface area contributed by atoms with Crippen LogP contribution in [-0.2, 0) is 32.0 Å². The molecule has 4 unspecified atom stereocenters. The SMILES string of the molecule is CSCC(N)C(=O)N1C(C(N)=O)(C(=O)COc2cccc3cnccc23)C[S+]([O-])C1(N)CCCCc1ccccc1. The first kappa shape index (κ1) is 30.8. The van der Waals surface area contributed by atoms with Gasteiger partial charge in [-0.3, -0.25) is 30.0 Å². The van der Waals surface area contributed by atoms with E-state index in [9.17, 15) is 18.9 Å². The Hall–Kier alpha value is -3.16. The van der Waals surface area contributed by atoms with Gasteiger partial charge in [-0.2, -0.15) is 11.8 Å². The molecule has 1 saturated heterocycles. The molecular weight excluding hydrogens is 562 g/mol. The number of carbonyl (C=O) groups excluding carboxylic acids is 3. The molecule has 2 amide bonds. The first-order valence-corrected chi connectivity index (χ1v) is 15.9. The van der Waals surface area contributed by atoms with Crippen molar-refractivity contribution in [2.45, 2.75) is 42.3 Å². The van der Waals surface area contributed by atoms with Crippen molar-refractivity contribution >= 4 is 51.3 Å². The lowest BCUT2D eigenvalue weighted by Crippen LogP contribution is -2.72. The van der Waals surface area contributed by atoms with Gasteiger partial charge in [0.05, 0.1) is 6.04 Å². The van der Waals surface area contributed by atoms with Crippen LogP contribution in [0.4, 0.5) is 0 Å². The summed E-state index contributed by atoms with van der Waals surface area (Å²) in [6.07, 6.45) is 7.03. The first-order valence-electron chi connectivity index (χ1n) is 13.2. The van der Waals surface area contributed by atoms with Gasteiger partial charge in [0.15, 0.2) is 0 Å². The molecule has 1 fully saturated rings. The number of rotatable bonds is 13. The van der Waals surface area contributed by atoms with Gasteiger partial charge < -0.3 is 20.8 Å². The summed E-state index contributed by atoms with van der Waals surface area (Å²) < 4.78 is 19.5. The molecule has 1 aliphatic heterocycles. The van der Waals surface area contributed by atoms with Crippen molar-refractivity contribution in [2.75, 3.05) is 24.4 Å². The lowest BCUT2D eigenvalue weighted by Gasteiger charge is -2.40. The fourth-order valence-corrected chi connectivity index (χ4v) is 7.56. The summed E-state index contributed by atoms with van der Waals surface area (Å²) in [5.74, 6) is -2.63. The number of ether oxygens (including phenoxy) is 1. The molecule has 0 spiro atoms. The van der Waals surface area contributed by atoms with E-state index in [4.69, 9.17) is 21.9 Å². The number of aromatic nitrogens is 1. The second-order valence-electron chi connectivity index (χ2n) is 10.1. The second-order valence-corrected chi connectivity index (χ2v) is 12.6. The van der Waals surface area contributed by atoms with Crippen LogP contribution in [0.25, 0.3) is 10.8 Å². The number of carbonyl (C=O) groups is 3. The number of nitrogens with zero attached hydrogens (tertiary/aromatic N) is 2. The minimum absolute atomic E-state index is 0.0870. The molecule has 0 saturated carbocycles. The highest BCUT2D eigenvalue weighted by Crippen LogP contribution is 2.42. The average Bonchev–Trinajstić information content (AvgIpc) is 3.21. The molecule has 2 heterocycles. The van der Waals surface area contributed by atoms with Gasteiger partial charge in [-0.1, -0.05) is 42.5 Å². The number of aryl methyl sites for hydroxylation is 1. The number of fused-ring (bicyclic) bond motifs is 1. The third-order valence-electron chi connectivity index (χ3n) is 7.34. The molecule has 1 aromatic heterocycles. The van der Waals surface area contributed by atoms with E-state index in [1.807, 2.05) is 36.4 Å². The third kappa shape index (κ3) is 6.21. The average molecular weight is 598 g/mol. The molecule has 4 atom stereocenters. The zero-order valence-corrected chi connectivity index (χ0v) is 24.5. The van der Waals surface area contributed by atoms with Crippen LogP contribution >= 0.6 is 11.8 Å². The second kappa shape index (κ2) is 13.2. The Balaban J connectivity index is 1.63. The van der Waals surface area contributed by atoms with Gasteiger partial charge in [-0.15, -0.1) is 0 Å². The molecule has 6 N–H and O–H groups in total. The Morgan fingerprint density at radius 1 is 1.15 bits per heavy atom. The topological polar surface area (TPSA) is 178 Å². The Bertz CT molecular complexity index is 1390. The van der Waals surface area contributed by atoms with Crippen molar-refractivity contribution in [1.82, 2.24) is 9.88 Å². The van der Waals surface area contributed by atoms with Gasteiger partial charge >= 0.3 is 0 Å². The van der Waals surface area contributed by atoms with Crippen LogP contribution in [0.2, 0.25) is 0 Å². The van der Waals surface area contributed by atoms with Crippen LogP contribution in [0.1, 0.15) is 24.8 Å². The van der Waals surface area contributed by atoms with Gasteiger partial charge in [-0.25, -0.2) is 0 Å². The Morgan fingerprint density at radius 2 is 1.90 bits per heavy atom. The smallest absolute Gasteiger partial charge is 0.256 e. The van der Waals surface area contributed by atoms with Crippen LogP contribution in [0.5, 0.6) is 5.75 Å². The van der Waals surface area contributed by atoms with Gasteiger partial charge in [0.1, 0.15) is 18.1 Å². The van der Waals surface area contributed by atoms with E-state index in [0.29, 0.717) is 24.0 Å². The standard InChI is InChI=1S/C29H35N5O5S2/c1-40-18-23(30)26(36)34-28(27(31)37,25(35)17-39-24-12-7-11-21-16-33-15-13-22(21)24)19-41(38)29(34,32)14-6-5-10-20-8-3-2-4-9-20/h2-4,7-9,11-13,15-16,23H,5-6,10,14,17-19,30,32H2,1H3,(H2,31,37). The van der Waals surface area contributed by atoms with Crippen molar-refractivity contribution in [1.29, 1.82) is 0 Å². The van der Waals surface area contributed by atoms with E-state index in [0.717, 1.165) is 22.3 Å². The number of hydrogen-bond acceptors (Lipinski definition) is 9. The number of Topliss-reactive ketones (excluding diaryl/α,β-unsaturated/α-hetero) is 1. The van der Waals surface area contributed by atoms with Gasteiger partial charge in [0.25, 0.3) is 10.9 Å². The fourth-order valence-electron chi connectivity index (χ4n) is 5.18. The highest BCUT2D eigenvalue weighted by atomic mass is 32.2. The summed E-state index contributed by atoms with van der Waals surface area (Å²) in [6, 6.07) is 15.8. The zero-order valence-electron chi connectivity index (χ0n) is 22.9. The third-order valence-corrected chi connectivity index (χ3v) is 9.89. The van der Waals surface area contributed by atoms with Crippen molar-refractivity contribution in [2.24, 2.45) is 17.2 Å². The summed E-state index contributed by atoms with van der Waals surface area (Å²) in [5, 5.41) is 1.50. The highest BCUT2D eigenvalue weighted by Gasteiger charge is 2.71. The molecule has 0 aliphatic carbocycles. The fraction of sp³-hybridized carbons (Fsp3) is 0.379. The maximum atomic E-state index is 13.9. The zero-order chi connectivity index (χ0) is 29.6. The number of primary amides is 1. The summed E-state index contributed by atoms with van der Waals surface area (Å²) in [6.45, 7) is -0.604. The van der Waals surface area contributed by atoms with Gasteiger partial charge in [0.2, 0.25) is 17.2 Å². The lowest BCUT2D eigenvalue weighted by atomic mass is 9.90. The molecule has 12 heteroatoms. The van der Waals surface area contributed by atoms with Crippen LogP contribution in [0.3, 0.4) is 0 Å². The molecule has 10 nitrogen and oxygen atoms in total. The number of amides is 2. The number of pyridine rings is 1. The molecule has 2 aromatic carbocycles. The monoisotopic (exact) mass is 597 g/mol. The predicted octanol–water partition coefficient (Wildman–Crippen LogP) is 1.71. The predicted molar refractivity (Wildman–Crippen MR) is 161 cm³/mol. The minimum atomic E-state index is -2.28. The molecule has 3 aromatic rings. The maximum absolute atomic E-state index is 13.9. The van der Waals surface area contributed by atoms with Gasteiger partial charge in [0, 0.05) is 35.3 Å². The molecule has 0 bridgehead atoms. The normalized spacial score (nSPS) is 22.9. The lowest BCUT2D eigenvalue weighted by molar-refractivity contribution is -0.157. The van der Waals surface area contributed by atoms with E-state index < -0.39 is 57.7 Å². The van der Waals surface area contributed by atoms with E-state index in [1.165, 1.54) is 11.8 Å². The Morgan fingerprint density at radius 3 is 2.61 bits per heavy atom. The van der Waals surface area contributed by atoms with Crippen molar-refractivity contribution in [3.05, 3.63) is 72.6 Å². The van der Waals surface area contributed by atoms with Crippen LogP contribution in [-0.4, -0.2) is 73.0 Å². The number of ketones is 1. The molecule has 4 rings (SSSR count). The minimum Gasteiger partial charge on any atom is -0.613 e. The molecule has 218 valence electrons. The maximum Gasteiger partial charge on any atom is 0.256 e. The van der Waals surface area contributed by atoms with Crippen LogP contribution < -0.4 is 21.9 Å². The number of hydrogen-bond donors (Lipinski definition) is 3. The largest absolute Gasteiger partial charge is 0.613 e. The number of thioether (sulfide) groups is 1. The summed E-state index contributed by atoms with van der Waals surface area (Å²) >= 11 is -0.669. The van der Waals surface area contributed by atoms with Crippen molar-refractivity contribution < 1.29 is 23.7 Å². The first-order chi connectivity index (χ1) is 19.6. The van der Waals surface area contributed by atoms with Crippen LogP contribution in [0, 0.1) is 0 Å². The highest BCUT2D eigenvalue weighted by molar-refractivity contribution is 7.98. The number of nitrogens with two attached hydrogens (primary N) is 3. The summed E-state index contributed by atoms with van der Waals surface area (Å²) in [7, 11) is 0. The summed E-state index contributed by atoms with van der Waals surface area (Å²) in [4.78, 5) is 44.0. The van der Waals surface area contributed by atoms with E-state index in [2.05, 4.69) is 4.98 Å². The number of unbranched alkanes of at least 4 members (excludes halogenated alkanes) is 1. The van der Waals surface area contributed by atoms with E-state index in [1.54, 1.807) is 36.8 Å².